The number of carbonyl (C=O) groups is 2. The van der Waals surface area contributed by atoms with E-state index in [1.807, 2.05) is 0 Å². The number of rotatable bonds is 6. The topological polar surface area (TPSA) is 58.6 Å². The molecule has 0 aromatic carbocycles. The van der Waals surface area contributed by atoms with Crippen molar-refractivity contribution in [1.29, 1.82) is 0 Å². The lowest BCUT2D eigenvalue weighted by Crippen LogP contribution is -2.60. The number of nitrogens with zero attached hydrogens (tertiary/aromatic N) is 1. The smallest absolute Gasteiger partial charge is 0.245 e. The van der Waals surface area contributed by atoms with Gasteiger partial charge in [0, 0.05) is 20.3 Å². The first-order valence-electron chi connectivity index (χ1n) is 7.79. The highest BCUT2D eigenvalue weighted by atomic mass is 16.5. The van der Waals surface area contributed by atoms with Gasteiger partial charge in [-0.1, -0.05) is 19.3 Å². The zero-order chi connectivity index (χ0) is 14.4. The second kappa shape index (κ2) is 7.62. The van der Waals surface area contributed by atoms with Crippen LogP contribution in [0, 0.1) is 5.92 Å². The second-order valence-corrected chi connectivity index (χ2v) is 5.90. The molecule has 1 saturated carbocycles. The van der Waals surface area contributed by atoms with Crippen LogP contribution in [0.2, 0.25) is 0 Å². The van der Waals surface area contributed by atoms with Gasteiger partial charge in [-0.25, -0.2) is 0 Å². The normalized spacial score (nSPS) is 24.9. The van der Waals surface area contributed by atoms with Crippen molar-refractivity contribution >= 4 is 11.8 Å². The standard InChI is InChI=1S/C15H26N2O3/c1-20-10-6-5-9-17-11-13(18)16-14(15(17)19)12-7-3-2-4-8-12/h12,14H,2-11H2,1H3,(H,16,18). The zero-order valence-electron chi connectivity index (χ0n) is 12.4. The highest BCUT2D eigenvalue weighted by molar-refractivity contribution is 5.95. The minimum Gasteiger partial charge on any atom is -0.385 e. The summed E-state index contributed by atoms with van der Waals surface area (Å²) < 4.78 is 5.01. The predicted molar refractivity (Wildman–Crippen MR) is 76.2 cm³/mol. The minimum atomic E-state index is -0.279. The van der Waals surface area contributed by atoms with Crippen molar-refractivity contribution in [2.24, 2.45) is 5.92 Å². The molecule has 0 spiro atoms. The van der Waals surface area contributed by atoms with E-state index in [2.05, 4.69) is 5.32 Å². The average Bonchev–Trinajstić information content (AvgIpc) is 2.47. The third-order valence-corrected chi connectivity index (χ3v) is 4.38. The number of ether oxygens (including phenoxy) is 1. The number of unbranched alkanes of at least 4 members (excludes halogenated alkanes) is 1. The molecule has 5 nitrogen and oxygen atoms in total. The summed E-state index contributed by atoms with van der Waals surface area (Å²) in [5, 5.41) is 2.91. The summed E-state index contributed by atoms with van der Waals surface area (Å²) in [6.07, 6.45) is 7.56. The van der Waals surface area contributed by atoms with Gasteiger partial charge in [-0.15, -0.1) is 0 Å². The third-order valence-electron chi connectivity index (χ3n) is 4.38. The lowest BCUT2D eigenvalue weighted by molar-refractivity contribution is -0.146. The van der Waals surface area contributed by atoms with Crippen molar-refractivity contribution in [3.05, 3.63) is 0 Å². The van der Waals surface area contributed by atoms with Gasteiger partial charge >= 0.3 is 0 Å². The molecule has 114 valence electrons. The lowest BCUT2D eigenvalue weighted by Gasteiger charge is -2.37. The van der Waals surface area contributed by atoms with Crippen molar-refractivity contribution in [2.45, 2.75) is 51.0 Å². The van der Waals surface area contributed by atoms with E-state index in [4.69, 9.17) is 4.74 Å². The van der Waals surface area contributed by atoms with Gasteiger partial charge in [-0.3, -0.25) is 9.59 Å². The molecule has 1 heterocycles. The number of hydrogen-bond acceptors (Lipinski definition) is 3. The van der Waals surface area contributed by atoms with Crippen LogP contribution in [0.1, 0.15) is 44.9 Å². The summed E-state index contributed by atoms with van der Waals surface area (Å²) in [6, 6.07) is -0.279. The molecule has 0 radical (unpaired) electrons. The highest BCUT2D eigenvalue weighted by Gasteiger charge is 2.37. The quantitative estimate of drug-likeness (QED) is 0.748. The number of hydrogen-bond donors (Lipinski definition) is 1. The maximum atomic E-state index is 12.5. The lowest BCUT2D eigenvalue weighted by atomic mass is 9.82. The Balaban J connectivity index is 1.89. The zero-order valence-corrected chi connectivity index (χ0v) is 12.4. The minimum absolute atomic E-state index is 0.00749. The SMILES string of the molecule is COCCCCN1CC(=O)NC(C2CCCCC2)C1=O. The molecule has 0 aromatic heterocycles. The monoisotopic (exact) mass is 282 g/mol. The van der Waals surface area contributed by atoms with Crippen LogP contribution in [0.3, 0.4) is 0 Å². The molecule has 2 amide bonds. The molecule has 1 aliphatic carbocycles. The predicted octanol–water partition coefficient (Wildman–Crippen LogP) is 1.32. The van der Waals surface area contributed by atoms with Crippen molar-refractivity contribution < 1.29 is 14.3 Å². The number of nitrogens with one attached hydrogen (secondary N) is 1. The summed E-state index contributed by atoms with van der Waals surface area (Å²) in [5.74, 6) is 0.447. The fraction of sp³-hybridized carbons (Fsp3) is 0.867. The fourth-order valence-electron chi connectivity index (χ4n) is 3.25. The van der Waals surface area contributed by atoms with Gasteiger partial charge in [-0.2, -0.15) is 0 Å². The van der Waals surface area contributed by atoms with Crippen LogP contribution in [0.4, 0.5) is 0 Å². The van der Waals surface area contributed by atoms with Crippen LogP contribution >= 0.6 is 0 Å². The second-order valence-electron chi connectivity index (χ2n) is 5.90. The van der Waals surface area contributed by atoms with Crippen LogP contribution < -0.4 is 5.32 Å². The number of carbonyl (C=O) groups excluding carboxylic acids is 2. The van der Waals surface area contributed by atoms with Gasteiger partial charge in [0.1, 0.15) is 6.04 Å². The molecule has 1 unspecified atom stereocenters. The van der Waals surface area contributed by atoms with E-state index < -0.39 is 0 Å². The molecule has 0 bridgehead atoms. The third kappa shape index (κ3) is 3.95. The summed E-state index contributed by atoms with van der Waals surface area (Å²) in [5.41, 5.74) is 0. The molecule has 2 fully saturated rings. The first-order chi connectivity index (χ1) is 9.72. The first-order valence-corrected chi connectivity index (χ1v) is 7.79. The van der Waals surface area contributed by atoms with Gasteiger partial charge in [0.25, 0.3) is 0 Å². The van der Waals surface area contributed by atoms with E-state index in [1.54, 1.807) is 12.0 Å². The molecule has 1 atom stereocenters. The van der Waals surface area contributed by atoms with E-state index >= 15 is 0 Å². The maximum absolute atomic E-state index is 12.5. The molecule has 1 aliphatic heterocycles. The van der Waals surface area contributed by atoms with Crippen LogP contribution in [-0.2, 0) is 14.3 Å². The van der Waals surface area contributed by atoms with Gasteiger partial charge in [0.05, 0.1) is 6.54 Å². The van der Waals surface area contributed by atoms with E-state index in [9.17, 15) is 9.59 Å². The van der Waals surface area contributed by atoms with Gasteiger partial charge < -0.3 is 15.0 Å². The van der Waals surface area contributed by atoms with Crippen LogP contribution in [0.15, 0.2) is 0 Å². The van der Waals surface area contributed by atoms with E-state index in [0.29, 0.717) is 19.1 Å². The molecular formula is C15H26N2O3. The number of piperazine rings is 1. The van der Waals surface area contributed by atoms with Crippen LogP contribution in [0.25, 0.3) is 0 Å². The summed E-state index contributed by atoms with van der Waals surface area (Å²) >= 11 is 0. The Kier molecular flexibility index (Phi) is 5.83. The Morgan fingerprint density at radius 2 is 1.95 bits per heavy atom. The van der Waals surface area contributed by atoms with Gasteiger partial charge in [-0.05, 0) is 31.6 Å². The Morgan fingerprint density at radius 1 is 1.20 bits per heavy atom. The molecular weight excluding hydrogens is 256 g/mol. The Bertz CT molecular complexity index is 340. The van der Waals surface area contributed by atoms with Crippen molar-refractivity contribution in [1.82, 2.24) is 10.2 Å². The van der Waals surface area contributed by atoms with Crippen molar-refractivity contribution in [3.63, 3.8) is 0 Å². The number of methoxy groups -OCH3 is 1. The summed E-state index contributed by atoms with van der Waals surface area (Å²) in [4.78, 5) is 26.1. The molecule has 20 heavy (non-hydrogen) atoms. The Hall–Kier alpha value is -1.10. The maximum Gasteiger partial charge on any atom is 0.245 e. The molecule has 1 saturated heterocycles. The van der Waals surface area contributed by atoms with E-state index in [0.717, 1.165) is 25.7 Å². The molecule has 1 N–H and O–H groups in total. The van der Waals surface area contributed by atoms with Crippen molar-refractivity contribution in [2.75, 3.05) is 26.8 Å². The molecule has 5 heteroatoms. The van der Waals surface area contributed by atoms with Gasteiger partial charge in [0.2, 0.25) is 11.8 Å². The van der Waals surface area contributed by atoms with E-state index in [-0.39, 0.29) is 24.4 Å². The number of amides is 2. The van der Waals surface area contributed by atoms with E-state index in [1.165, 1.54) is 19.3 Å². The highest BCUT2D eigenvalue weighted by Crippen LogP contribution is 2.28. The molecule has 2 rings (SSSR count). The average molecular weight is 282 g/mol. The Morgan fingerprint density at radius 3 is 2.65 bits per heavy atom. The van der Waals surface area contributed by atoms with Crippen molar-refractivity contribution in [3.8, 4) is 0 Å². The van der Waals surface area contributed by atoms with Gasteiger partial charge in [0.15, 0.2) is 0 Å². The Labute approximate surface area is 121 Å². The first kappa shape index (κ1) is 15.3. The van der Waals surface area contributed by atoms with Crippen LogP contribution in [-0.4, -0.2) is 49.6 Å². The fourth-order valence-corrected chi connectivity index (χ4v) is 3.25. The molecule has 0 aromatic rings. The largest absolute Gasteiger partial charge is 0.385 e. The summed E-state index contributed by atoms with van der Waals surface area (Å²) in [6.45, 7) is 1.59. The van der Waals surface area contributed by atoms with Crippen LogP contribution in [0.5, 0.6) is 0 Å². The summed E-state index contributed by atoms with van der Waals surface area (Å²) in [7, 11) is 1.68. The molecule has 2 aliphatic rings.